The summed E-state index contributed by atoms with van der Waals surface area (Å²) in [5.74, 6) is -1.30. The second-order valence-corrected chi connectivity index (χ2v) is 6.48. The van der Waals surface area contributed by atoms with Crippen LogP contribution in [0.4, 0.5) is 18.9 Å². The van der Waals surface area contributed by atoms with E-state index in [0.29, 0.717) is 24.2 Å². The van der Waals surface area contributed by atoms with Gasteiger partial charge in [-0.3, -0.25) is 9.97 Å². The van der Waals surface area contributed by atoms with Crippen molar-refractivity contribution in [2.24, 2.45) is 5.92 Å². The average Bonchev–Trinajstić information content (AvgIpc) is 2.67. The van der Waals surface area contributed by atoms with Crippen LogP contribution in [0, 0.1) is 5.92 Å². The Morgan fingerprint density at radius 1 is 1.04 bits per heavy atom. The summed E-state index contributed by atoms with van der Waals surface area (Å²) >= 11 is 0. The van der Waals surface area contributed by atoms with Gasteiger partial charge in [0.15, 0.2) is 0 Å². The van der Waals surface area contributed by atoms with E-state index in [2.05, 4.69) is 15.0 Å². The summed E-state index contributed by atoms with van der Waals surface area (Å²) in [7, 11) is 0. The Hall–Kier alpha value is -2.70. The van der Waals surface area contributed by atoms with Crippen molar-refractivity contribution in [1.29, 1.82) is 0 Å². The largest absolute Gasteiger partial charge is 0.393 e. The molecule has 1 fully saturated rings. The Kier molecular flexibility index (Phi) is 4.22. The van der Waals surface area contributed by atoms with E-state index < -0.39 is 12.1 Å². The highest BCUT2D eigenvalue weighted by atomic mass is 19.4. The van der Waals surface area contributed by atoms with E-state index in [0.717, 1.165) is 16.6 Å². The first-order valence-electron chi connectivity index (χ1n) is 8.49. The molecule has 0 aromatic carbocycles. The fraction of sp³-hybridized carbons (Fsp3) is 0.316. The number of hydrogen-bond acceptors (Lipinski definition) is 4. The molecule has 0 spiro atoms. The number of halogens is 3. The molecule has 0 radical (unpaired) electrons. The molecule has 3 aromatic heterocycles. The molecule has 1 saturated heterocycles. The monoisotopic (exact) mass is 358 g/mol. The first kappa shape index (κ1) is 16.8. The number of alkyl halides is 3. The highest BCUT2D eigenvalue weighted by Gasteiger charge is 2.42. The van der Waals surface area contributed by atoms with Gasteiger partial charge in [0.25, 0.3) is 0 Å². The first-order chi connectivity index (χ1) is 12.5. The fourth-order valence-electron chi connectivity index (χ4n) is 3.46. The zero-order chi connectivity index (χ0) is 18.1. The Morgan fingerprint density at radius 2 is 1.81 bits per heavy atom. The lowest BCUT2D eigenvalue weighted by Gasteiger charge is -2.36. The predicted octanol–water partition coefficient (Wildman–Crippen LogP) is 4.47. The van der Waals surface area contributed by atoms with Crippen LogP contribution >= 0.6 is 0 Å². The highest BCUT2D eigenvalue weighted by Crippen LogP contribution is 2.37. The molecule has 1 atom stereocenters. The molecule has 4 heterocycles. The van der Waals surface area contributed by atoms with Gasteiger partial charge in [-0.1, -0.05) is 0 Å². The maximum Gasteiger partial charge on any atom is 0.393 e. The second-order valence-electron chi connectivity index (χ2n) is 6.48. The minimum Gasteiger partial charge on any atom is -0.370 e. The number of anilines is 1. The van der Waals surface area contributed by atoms with Crippen LogP contribution in [0.1, 0.15) is 12.8 Å². The molecule has 0 saturated carbocycles. The second kappa shape index (κ2) is 6.55. The van der Waals surface area contributed by atoms with Crippen LogP contribution in [0.25, 0.3) is 22.2 Å². The van der Waals surface area contributed by atoms with Gasteiger partial charge in [-0.25, -0.2) is 4.98 Å². The molecule has 0 bridgehead atoms. The van der Waals surface area contributed by atoms with Crippen molar-refractivity contribution in [3.63, 3.8) is 0 Å². The van der Waals surface area contributed by atoms with Gasteiger partial charge in [0.05, 0.1) is 23.3 Å². The van der Waals surface area contributed by atoms with Crippen molar-refractivity contribution in [3.05, 3.63) is 49.1 Å². The topological polar surface area (TPSA) is 41.9 Å². The van der Waals surface area contributed by atoms with E-state index >= 15 is 0 Å². The quantitative estimate of drug-likeness (QED) is 0.678. The highest BCUT2D eigenvalue weighted by molar-refractivity contribution is 5.93. The van der Waals surface area contributed by atoms with E-state index in [4.69, 9.17) is 0 Å². The van der Waals surface area contributed by atoms with Gasteiger partial charge in [-0.05, 0) is 37.1 Å². The predicted molar refractivity (Wildman–Crippen MR) is 93.8 cm³/mol. The van der Waals surface area contributed by atoms with E-state index in [1.165, 1.54) is 0 Å². The third-order valence-corrected chi connectivity index (χ3v) is 4.79. The Morgan fingerprint density at radius 3 is 2.58 bits per heavy atom. The molecule has 134 valence electrons. The lowest BCUT2D eigenvalue weighted by Crippen LogP contribution is -2.41. The van der Waals surface area contributed by atoms with E-state index in [-0.39, 0.29) is 13.0 Å². The van der Waals surface area contributed by atoms with Crippen molar-refractivity contribution in [1.82, 2.24) is 15.0 Å². The van der Waals surface area contributed by atoms with Gasteiger partial charge in [-0.2, -0.15) is 13.2 Å². The van der Waals surface area contributed by atoms with Crippen molar-refractivity contribution >= 4 is 16.6 Å². The number of fused-ring (bicyclic) bond motifs is 1. The molecule has 0 aliphatic carbocycles. The summed E-state index contributed by atoms with van der Waals surface area (Å²) in [6.45, 7) is 0.574. The number of nitrogens with zero attached hydrogens (tertiary/aromatic N) is 4. The molecular formula is C19H17F3N4. The number of aromatic nitrogens is 3. The molecule has 0 unspecified atom stereocenters. The smallest absolute Gasteiger partial charge is 0.370 e. The molecule has 1 aliphatic rings. The third kappa shape index (κ3) is 3.21. The SMILES string of the molecule is FC(F)(F)[C@@H]1CCCN(c2cc(-c3ccncc3)nc3cnccc23)C1. The molecule has 26 heavy (non-hydrogen) atoms. The maximum absolute atomic E-state index is 13.2. The van der Waals surface area contributed by atoms with Gasteiger partial charge in [0.2, 0.25) is 0 Å². The summed E-state index contributed by atoms with van der Waals surface area (Å²) in [4.78, 5) is 14.6. The molecule has 0 amide bonds. The van der Waals surface area contributed by atoms with Crippen molar-refractivity contribution < 1.29 is 13.2 Å². The van der Waals surface area contributed by atoms with Gasteiger partial charge in [0.1, 0.15) is 0 Å². The Balaban J connectivity index is 1.81. The molecule has 4 rings (SSSR count). The van der Waals surface area contributed by atoms with Crippen molar-refractivity contribution in [3.8, 4) is 11.3 Å². The van der Waals surface area contributed by atoms with Gasteiger partial charge >= 0.3 is 6.18 Å². The van der Waals surface area contributed by atoms with E-state index in [1.807, 2.05) is 29.2 Å². The normalized spacial score (nSPS) is 18.3. The van der Waals surface area contributed by atoms with Crippen LogP contribution < -0.4 is 4.90 Å². The van der Waals surface area contributed by atoms with Crippen LogP contribution in [0.15, 0.2) is 49.1 Å². The number of rotatable bonds is 2. The fourth-order valence-corrected chi connectivity index (χ4v) is 3.46. The first-order valence-corrected chi connectivity index (χ1v) is 8.49. The van der Waals surface area contributed by atoms with Crippen molar-refractivity contribution in [2.75, 3.05) is 18.0 Å². The lowest BCUT2D eigenvalue weighted by molar-refractivity contribution is -0.175. The number of hydrogen-bond donors (Lipinski definition) is 0. The summed E-state index contributed by atoms with van der Waals surface area (Å²) in [6, 6.07) is 7.35. The summed E-state index contributed by atoms with van der Waals surface area (Å²) in [5.41, 5.74) is 3.03. The van der Waals surface area contributed by atoms with Crippen LogP contribution in [-0.4, -0.2) is 34.2 Å². The Bertz CT molecular complexity index is 912. The minimum absolute atomic E-state index is 0.0271. The Labute approximate surface area is 148 Å². The standard InChI is InChI=1S/C19H17F3N4/c20-19(21,22)14-2-1-9-26(12-14)18-10-16(13-3-6-23-7-4-13)25-17-11-24-8-5-15(17)18/h3-8,10-11,14H,1-2,9,12H2/t14-/m1/s1. The van der Waals surface area contributed by atoms with Gasteiger partial charge in [-0.15, -0.1) is 0 Å². The molecular weight excluding hydrogens is 341 g/mol. The molecule has 7 heteroatoms. The molecule has 4 nitrogen and oxygen atoms in total. The van der Waals surface area contributed by atoms with Gasteiger partial charge < -0.3 is 4.90 Å². The molecule has 3 aromatic rings. The zero-order valence-electron chi connectivity index (χ0n) is 13.9. The number of pyridine rings is 3. The summed E-state index contributed by atoms with van der Waals surface area (Å²) in [5, 5.41) is 0.820. The van der Waals surface area contributed by atoms with Crippen LogP contribution in [0.2, 0.25) is 0 Å². The van der Waals surface area contributed by atoms with Crippen LogP contribution in [0.5, 0.6) is 0 Å². The lowest BCUT2D eigenvalue weighted by atomic mass is 9.96. The molecule has 1 aliphatic heterocycles. The van der Waals surface area contributed by atoms with Gasteiger partial charge in [0, 0.05) is 48.3 Å². The summed E-state index contributed by atoms with van der Waals surface area (Å²) < 4.78 is 39.7. The minimum atomic E-state index is -4.17. The van der Waals surface area contributed by atoms with Crippen LogP contribution in [0.3, 0.4) is 0 Å². The molecule has 0 N–H and O–H groups in total. The van der Waals surface area contributed by atoms with E-state index in [9.17, 15) is 13.2 Å². The number of piperidine rings is 1. The maximum atomic E-state index is 13.2. The third-order valence-electron chi connectivity index (χ3n) is 4.79. The van der Waals surface area contributed by atoms with Crippen molar-refractivity contribution in [2.45, 2.75) is 19.0 Å². The summed E-state index contributed by atoms with van der Waals surface area (Å²) in [6.07, 6.45) is 3.16. The van der Waals surface area contributed by atoms with Crippen LogP contribution in [-0.2, 0) is 0 Å². The van der Waals surface area contributed by atoms with E-state index in [1.54, 1.807) is 24.8 Å². The zero-order valence-corrected chi connectivity index (χ0v) is 13.9. The average molecular weight is 358 g/mol.